The van der Waals surface area contributed by atoms with E-state index in [1.807, 2.05) is 18.5 Å². The van der Waals surface area contributed by atoms with Gasteiger partial charge in [-0.2, -0.15) is 0 Å². The van der Waals surface area contributed by atoms with Gasteiger partial charge in [0.25, 0.3) is 0 Å². The van der Waals surface area contributed by atoms with E-state index in [0.29, 0.717) is 11.8 Å². The highest BCUT2D eigenvalue weighted by molar-refractivity contribution is 5.14. The van der Waals surface area contributed by atoms with E-state index in [-0.39, 0.29) is 0 Å². The monoisotopic (exact) mass is 163 g/mol. The third kappa shape index (κ3) is 2.07. The third-order valence-electron chi connectivity index (χ3n) is 2.36. The molecule has 0 spiro atoms. The lowest BCUT2D eigenvalue weighted by molar-refractivity contribution is 0.484. The quantitative estimate of drug-likeness (QED) is 0.666. The minimum Gasteiger partial charge on any atom is -0.264 e. The zero-order valence-corrected chi connectivity index (χ0v) is 8.12. The number of hydrogen-bond donors (Lipinski definition) is 0. The van der Waals surface area contributed by atoms with E-state index in [1.54, 1.807) is 0 Å². The molecule has 1 heterocycles. The SMILES string of the molecule is CCC(c1cccnc1)C(C)C. The molecule has 0 N–H and O–H groups in total. The average Bonchev–Trinajstić information content (AvgIpc) is 2.07. The maximum absolute atomic E-state index is 4.14. The third-order valence-corrected chi connectivity index (χ3v) is 2.36. The van der Waals surface area contributed by atoms with Crippen molar-refractivity contribution in [2.24, 2.45) is 5.92 Å². The minimum absolute atomic E-state index is 0.665. The molecule has 66 valence electrons. The molecule has 1 aromatic heterocycles. The van der Waals surface area contributed by atoms with Gasteiger partial charge in [-0.1, -0.05) is 26.8 Å². The lowest BCUT2D eigenvalue weighted by Gasteiger charge is -2.18. The molecule has 0 aliphatic heterocycles. The van der Waals surface area contributed by atoms with Gasteiger partial charge in [0.1, 0.15) is 0 Å². The molecule has 1 atom stereocenters. The Morgan fingerprint density at radius 3 is 2.58 bits per heavy atom. The fourth-order valence-electron chi connectivity index (χ4n) is 1.69. The van der Waals surface area contributed by atoms with Gasteiger partial charge in [-0.25, -0.2) is 0 Å². The first-order valence-electron chi connectivity index (χ1n) is 4.65. The van der Waals surface area contributed by atoms with Crippen LogP contribution in [0.25, 0.3) is 0 Å². The Morgan fingerprint density at radius 2 is 2.17 bits per heavy atom. The van der Waals surface area contributed by atoms with Gasteiger partial charge in [0.05, 0.1) is 0 Å². The molecule has 0 bridgehead atoms. The van der Waals surface area contributed by atoms with Gasteiger partial charge in [-0.05, 0) is 29.9 Å². The molecule has 0 aromatic carbocycles. The highest BCUT2D eigenvalue weighted by atomic mass is 14.6. The normalized spacial score (nSPS) is 13.3. The van der Waals surface area contributed by atoms with Crippen LogP contribution in [0.2, 0.25) is 0 Å². The van der Waals surface area contributed by atoms with Crippen molar-refractivity contribution in [3.63, 3.8) is 0 Å². The predicted octanol–water partition coefficient (Wildman–Crippen LogP) is 3.23. The highest BCUT2D eigenvalue weighted by Crippen LogP contribution is 2.26. The van der Waals surface area contributed by atoms with Gasteiger partial charge in [0, 0.05) is 12.4 Å². The van der Waals surface area contributed by atoms with Crippen molar-refractivity contribution in [3.8, 4) is 0 Å². The zero-order chi connectivity index (χ0) is 8.97. The van der Waals surface area contributed by atoms with Crippen molar-refractivity contribution < 1.29 is 0 Å². The maximum Gasteiger partial charge on any atom is 0.0302 e. The van der Waals surface area contributed by atoms with Gasteiger partial charge >= 0.3 is 0 Å². The summed E-state index contributed by atoms with van der Waals surface area (Å²) in [6, 6.07) is 4.18. The maximum atomic E-state index is 4.14. The van der Waals surface area contributed by atoms with E-state index in [1.165, 1.54) is 12.0 Å². The summed E-state index contributed by atoms with van der Waals surface area (Å²) in [7, 11) is 0. The number of pyridine rings is 1. The molecule has 0 amide bonds. The second-order valence-corrected chi connectivity index (χ2v) is 3.55. The fourth-order valence-corrected chi connectivity index (χ4v) is 1.69. The minimum atomic E-state index is 0.665. The number of aromatic nitrogens is 1. The molecule has 1 nitrogen and oxygen atoms in total. The lowest BCUT2D eigenvalue weighted by atomic mass is 9.87. The van der Waals surface area contributed by atoms with Crippen LogP contribution in [0.15, 0.2) is 24.5 Å². The van der Waals surface area contributed by atoms with Crippen LogP contribution < -0.4 is 0 Å². The summed E-state index contributed by atoms with van der Waals surface area (Å²) in [4.78, 5) is 4.14. The molecule has 0 aliphatic rings. The first-order valence-corrected chi connectivity index (χ1v) is 4.65. The highest BCUT2D eigenvalue weighted by Gasteiger charge is 2.12. The van der Waals surface area contributed by atoms with Gasteiger partial charge in [-0.3, -0.25) is 4.98 Å². The Bertz CT molecular complexity index is 216. The van der Waals surface area contributed by atoms with Crippen LogP contribution >= 0.6 is 0 Å². The summed E-state index contributed by atoms with van der Waals surface area (Å²) in [5, 5.41) is 0. The smallest absolute Gasteiger partial charge is 0.0302 e. The molecule has 1 rings (SSSR count). The van der Waals surface area contributed by atoms with Gasteiger partial charge in [0.2, 0.25) is 0 Å². The number of nitrogens with zero attached hydrogens (tertiary/aromatic N) is 1. The second kappa shape index (κ2) is 4.24. The molecule has 1 aromatic rings. The Morgan fingerprint density at radius 1 is 1.42 bits per heavy atom. The first-order chi connectivity index (χ1) is 5.75. The molecule has 0 saturated carbocycles. The lowest BCUT2D eigenvalue weighted by Crippen LogP contribution is -2.05. The average molecular weight is 163 g/mol. The van der Waals surface area contributed by atoms with Crippen molar-refractivity contribution in [1.82, 2.24) is 4.98 Å². The molecular weight excluding hydrogens is 146 g/mol. The van der Waals surface area contributed by atoms with Crippen LogP contribution in [0.5, 0.6) is 0 Å². The van der Waals surface area contributed by atoms with Crippen LogP contribution in [0, 0.1) is 5.92 Å². The van der Waals surface area contributed by atoms with Crippen LogP contribution in [0.1, 0.15) is 38.7 Å². The van der Waals surface area contributed by atoms with Crippen LogP contribution in [0.4, 0.5) is 0 Å². The van der Waals surface area contributed by atoms with Crippen molar-refractivity contribution in [2.75, 3.05) is 0 Å². The summed E-state index contributed by atoms with van der Waals surface area (Å²) < 4.78 is 0. The van der Waals surface area contributed by atoms with Gasteiger partial charge in [-0.15, -0.1) is 0 Å². The molecular formula is C11H17N. The summed E-state index contributed by atoms with van der Waals surface area (Å²) in [5.74, 6) is 1.37. The van der Waals surface area contributed by atoms with E-state index >= 15 is 0 Å². The molecule has 1 heteroatoms. The summed E-state index contributed by atoms with van der Waals surface area (Å²) in [5.41, 5.74) is 1.37. The van der Waals surface area contributed by atoms with Crippen molar-refractivity contribution in [3.05, 3.63) is 30.1 Å². The molecule has 12 heavy (non-hydrogen) atoms. The van der Waals surface area contributed by atoms with Crippen molar-refractivity contribution >= 4 is 0 Å². The second-order valence-electron chi connectivity index (χ2n) is 3.55. The fraction of sp³-hybridized carbons (Fsp3) is 0.545. The van der Waals surface area contributed by atoms with E-state index in [0.717, 1.165) is 0 Å². The number of rotatable bonds is 3. The van der Waals surface area contributed by atoms with E-state index < -0.39 is 0 Å². The Labute approximate surface area is 74.8 Å². The molecule has 0 fully saturated rings. The summed E-state index contributed by atoms with van der Waals surface area (Å²) >= 11 is 0. The summed E-state index contributed by atoms with van der Waals surface area (Å²) in [6.07, 6.45) is 5.01. The largest absolute Gasteiger partial charge is 0.264 e. The molecule has 0 saturated heterocycles. The Balaban J connectivity index is 2.80. The van der Waals surface area contributed by atoms with Gasteiger partial charge in [0.15, 0.2) is 0 Å². The van der Waals surface area contributed by atoms with E-state index in [9.17, 15) is 0 Å². The van der Waals surface area contributed by atoms with E-state index in [4.69, 9.17) is 0 Å². The topological polar surface area (TPSA) is 12.9 Å². The van der Waals surface area contributed by atoms with Crippen molar-refractivity contribution in [2.45, 2.75) is 33.1 Å². The van der Waals surface area contributed by atoms with Crippen LogP contribution in [0.3, 0.4) is 0 Å². The Hall–Kier alpha value is -0.850. The number of hydrogen-bond acceptors (Lipinski definition) is 1. The van der Waals surface area contributed by atoms with Crippen LogP contribution in [-0.2, 0) is 0 Å². The predicted molar refractivity (Wildman–Crippen MR) is 52.1 cm³/mol. The van der Waals surface area contributed by atoms with Crippen LogP contribution in [-0.4, -0.2) is 4.98 Å². The van der Waals surface area contributed by atoms with Crippen molar-refractivity contribution in [1.29, 1.82) is 0 Å². The molecule has 0 aliphatic carbocycles. The summed E-state index contributed by atoms with van der Waals surface area (Å²) in [6.45, 7) is 6.76. The van der Waals surface area contributed by atoms with E-state index in [2.05, 4.69) is 31.8 Å². The Kier molecular flexibility index (Phi) is 3.27. The zero-order valence-electron chi connectivity index (χ0n) is 8.12. The standard InChI is InChI=1S/C11H17N/c1-4-11(9(2)3)10-6-5-7-12-8-10/h5-9,11H,4H2,1-3H3. The molecule has 1 unspecified atom stereocenters. The molecule has 0 radical (unpaired) electrons. The first kappa shape index (κ1) is 9.24. The van der Waals surface area contributed by atoms with Gasteiger partial charge < -0.3 is 0 Å².